The van der Waals surface area contributed by atoms with Crippen LogP contribution in [0, 0.1) is 17.3 Å². The van der Waals surface area contributed by atoms with Gasteiger partial charge < -0.3 is 19.7 Å². The number of hydrogen-bond acceptors (Lipinski definition) is 4. The zero-order valence-electron chi connectivity index (χ0n) is 16.5. The van der Waals surface area contributed by atoms with Crippen molar-refractivity contribution in [2.45, 2.75) is 52.6 Å². The lowest BCUT2D eigenvalue weighted by Crippen LogP contribution is -2.50. The Morgan fingerprint density at radius 3 is 2.52 bits per heavy atom. The van der Waals surface area contributed by atoms with Crippen molar-refractivity contribution in [1.82, 2.24) is 10.2 Å². The standard InChI is InChI=1S/C19H35N3O3/c1-19(2,3)16-15(7-6-12-25-16)13-21-18(20-4)22-10-8-14(9-11-22)17(23)24-5/h14-16H,6-13H2,1-5H3,(H,20,21). The number of ether oxygens (including phenoxy) is 2. The zero-order chi connectivity index (χ0) is 18.4. The molecule has 0 radical (unpaired) electrons. The molecular formula is C19H35N3O3. The van der Waals surface area contributed by atoms with Crippen LogP contribution in [0.1, 0.15) is 46.5 Å². The van der Waals surface area contributed by atoms with Gasteiger partial charge in [0, 0.05) is 39.2 Å². The van der Waals surface area contributed by atoms with Crippen molar-refractivity contribution in [2.75, 3.05) is 40.4 Å². The molecule has 0 spiro atoms. The van der Waals surface area contributed by atoms with E-state index in [1.54, 1.807) is 0 Å². The Morgan fingerprint density at radius 2 is 1.96 bits per heavy atom. The minimum atomic E-state index is -0.0880. The van der Waals surface area contributed by atoms with Gasteiger partial charge in [-0.1, -0.05) is 20.8 Å². The fraction of sp³-hybridized carbons (Fsp3) is 0.895. The highest BCUT2D eigenvalue weighted by atomic mass is 16.5. The number of piperidine rings is 1. The third kappa shape index (κ3) is 5.33. The second-order valence-corrected chi connectivity index (χ2v) is 8.27. The Hall–Kier alpha value is -1.30. The molecule has 2 heterocycles. The van der Waals surface area contributed by atoms with E-state index < -0.39 is 0 Å². The number of esters is 1. The summed E-state index contributed by atoms with van der Waals surface area (Å²) in [5, 5.41) is 3.55. The first-order valence-corrected chi connectivity index (χ1v) is 9.51. The van der Waals surface area contributed by atoms with Crippen LogP contribution < -0.4 is 5.32 Å². The van der Waals surface area contributed by atoms with Gasteiger partial charge in [-0.25, -0.2) is 0 Å². The second-order valence-electron chi connectivity index (χ2n) is 8.27. The molecule has 2 rings (SSSR count). The summed E-state index contributed by atoms with van der Waals surface area (Å²) in [7, 11) is 3.29. The van der Waals surface area contributed by atoms with Crippen LogP contribution in [0.2, 0.25) is 0 Å². The van der Waals surface area contributed by atoms with Gasteiger partial charge in [0.05, 0.1) is 19.1 Å². The average molecular weight is 354 g/mol. The maximum atomic E-state index is 11.7. The fourth-order valence-corrected chi connectivity index (χ4v) is 4.06. The summed E-state index contributed by atoms with van der Waals surface area (Å²) >= 11 is 0. The number of carbonyl (C=O) groups is 1. The minimum absolute atomic E-state index is 0.0244. The SMILES string of the molecule is CN=C(NCC1CCCOC1C(C)(C)C)N1CCC(C(=O)OC)CC1. The molecule has 25 heavy (non-hydrogen) atoms. The molecule has 2 fully saturated rings. The predicted octanol–water partition coefficient (Wildman–Crippen LogP) is 2.29. The summed E-state index contributed by atoms with van der Waals surface area (Å²) in [5.74, 6) is 1.37. The number of hydrogen-bond donors (Lipinski definition) is 1. The normalized spacial score (nSPS) is 26.4. The molecule has 1 N–H and O–H groups in total. The van der Waals surface area contributed by atoms with Crippen molar-refractivity contribution in [1.29, 1.82) is 0 Å². The average Bonchev–Trinajstić information content (AvgIpc) is 2.61. The largest absolute Gasteiger partial charge is 0.469 e. The van der Waals surface area contributed by atoms with Gasteiger partial charge in [-0.3, -0.25) is 9.79 Å². The first kappa shape index (κ1) is 20.0. The third-order valence-corrected chi connectivity index (χ3v) is 5.36. The third-order valence-electron chi connectivity index (χ3n) is 5.36. The molecule has 144 valence electrons. The van der Waals surface area contributed by atoms with E-state index in [4.69, 9.17) is 9.47 Å². The quantitative estimate of drug-likeness (QED) is 0.479. The Kier molecular flexibility index (Phi) is 7.11. The molecule has 0 aromatic heterocycles. The zero-order valence-corrected chi connectivity index (χ0v) is 16.5. The van der Waals surface area contributed by atoms with Crippen LogP contribution in [-0.4, -0.2) is 63.3 Å². The molecule has 0 amide bonds. The molecule has 0 aromatic carbocycles. The first-order chi connectivity index (χ1) is 11.9. The van der Waals surface area contributed by atoms with Gasteiger partial charge in [-0.2, -0.15) is 0 Å². The summed E-state index contributed by atoms with van der Waals surface area (Å²) in [4.78, 5) is 18.4. The summed E-state index contributed by atoms with van der Waals surface area (Å²) in [6.45, 7) is 10.2. The number of aliphatic imine (C=N–C) groups is 1. The number of methoxy groups -OCH3 is 1. The van der Waals surface area contributed by atoms with E-state index in [9.17, 15) is 4.79 Å². The lowest BCUT2D eigenvalue weighted by atomic mass is 9.78. The van der Waals surface area contributed by atoms with E-state index in [2.05, 4.69) is 36.0 Å². The van der Waals surface area contributed by atoms with E-state index >= 15 is 0 Å². The number of likely N-dealkylation sites (tertiary alicyclic amines) is 1. The molecule has 0 aromatic rings. The minimum Gasteiger partial charge on any atom is -0.469 e. The van der Waals surface area contributed by atoms with Gasteiger partial charge in [0.25, 0.3) is 0 Å². The second kappa shape index (κ2) is 8.88. The van der Waals surface area contributed by atoms with Crippen molar-refractivity contribution >= 4 is 11.9 Å². The van der Waals surface area contributed by atoms with Crippen LogP contribution >= 0.6 is 0 Å². The number of carbonyl (C=O) groups excluding carboxylic acids is 1. The highest BCUT2D eigenvalue weighted by molar-refractivity contribution is 5.80. The van der Waals surface area contributed by atoms with Gasteiger partial charge in [0.1, 0.15) is 0 Å². The lowest BCUT2D eigenvalue weighted by molar-refractivity contribution is -0.146. The maximum absolute atomic E-state index is 11.7. The van der Waals surface area contributed by atoms with E-state index in [0.717, 1.165) is 51.5 Å². The molecule has 0 bridgehead atoms. The summed E-state index contributed by atoms with van der Waals surface area (Å²) in [6.07, 6.45) is 4.24. The summed E-state index contributed by atoms with van der Waals surface area (Å²) in [6, 6.07) is 0. The maximum Gasteiger partial charge on any atom is 0.308 e. The lowest BCUT2D eigenvalue weighted by Gasteiger charge is -2.41. The highest BCUT2D eigenvalue weighted by Crippen LogP contribution is 2.33. The van der Waals surface area contributed by atoms with Gasteiger partial charge in [0.2, 0.25) is 0 Å². The Morgan fingerprint density at radius 1 is 1.28 bits per heavy atom. The van der Waals surface area contributed by atoms with Crippen LogP contribution in [0.5, 0.6) is 0 Å². The first-order valence-electron chi connectivity index (χ1n) is 9.51. The van der Waals surface area contributed by atoms with E-state index in [1.165, 1.54) is 13.5 Å². The van der Waals surface area contributed by atoms with Crippen molar-refractivity contribution < 1.29 is 14.3 Å². The summed E-state index contributed by atoms with van der Waals surface area (Å²) in [5.41, 5.74) is 0.148. The van der Waals surface area contributed by atoms with Gasteiger partial charge in [0.15, 0.2) is 5.96 Å². The van der Waals surface area contributed by atoms with Crippen molar-refractivity contribution in [3.63, 3.8) is 0 Å². The monoisotopic (exact) mass is 353 g/mol. The van der Waals surface area contributed by atoms with Gasteiger partial charge >= 0.3 is 5.97 Å². The number of nitrogens with zero attached hydrogens (tertiary/aromatic N) is 2. The van der Waals surface area contributed by atoms with Crippen LogP contribution in [0.25, 0.3) is 0 Å². The Bertz CT molecular complexity index is 465. The van der Waals surface area contributed by atoms with E-state index in [1.807, 2.05) is 7.05 Å². The van der Waals surface area contributed by atoms with Gasteiger partial charge in [-0.05, 0) is 31.1 Å². The Labute approximate surface area is 152 Å². The predicted molar refractivity (Wildman–Crippen MR) is 99.6 cm³/mol. The number of guanidine groups is 1. The highest BCUT2D eigenvalue weighted by Gasteiger charge is 2.35. The van der Waals surface area contributed by atoms with Crippen molar-refractivity contribution in [2.24, 2.45) is 22.2 Å². The van der Waals surface area contributed by atoms with Crippen molar-refractivity contribution in [3.05, 3.63) is 0 Å². The molecule has 2 aliphatic heterocycles. The molecule has 0 aliphatic carbocycles. The molecule has 2 unspecified atom stereocenters. The van der Waals surface area contributed by atoms with E-state index in [0.29, 0.717) is 5.92 Å². The molecule has 6 nitrogen and oxygen atoms in total. The fourth-order valence-electron chi connectivity index (χ4n) is 4.06. The van der Waals surface area contributed by atoms with Crippen LogP contribution in [-0.2, 0) is 14.3 Å². The molecule has 2 atom stereocenters. The van der Waals surface area contributed by atoms with Gasteiger partial charge in [-0.15, -0.1) is 0 Å². The topological polar surface area (TPSA) is 63.2 Å². The number of rotatable bonds is 3. The summed E-state index contributed by atoms with van der Waals surface area (Å²) < 4.78 is 10.9. The molecule has 2 saturated heterocycles. The molecular weight excluding hydrogens is 318 g/mol. The molecule has 2 aliphatic rings. The number of nitrogens with one attached hydrogen (secondary N) is 1. The Balaban J connectivity index is 1.87. The van der Waals surface area contributed by atoms with Crippen molar-refractivity contribution in [3.8, 4) is 0 Å². The van der Waals surface area contributed by atoms with Crippen LogP contribution in [0.4, 0.5) is 0 Å². The van der Waals surface area contributed by atoms with E-state index in [-0.39, 0.29) is 23.4 Å². The smallest absolute Gasteiger partial charge is 0.308 e. The molecule has 6 heteroatoms. The molecule has 0 saturated carbocycles. The van der Waals surface area contributed by atoms with Crippen LogP contribution in [0.3, 0.4) is 0 Å². The van der Waals surface area contributed by atoms with Crippen LogP contribution in [0.15, 0.2) is 4.99 Å².